The molecule has 1 fully saturated rings. The predicted octanol–water partition coefficient (Wildman–Crippen LogP) is 2.06. The van der Waals surface area contributed by atoms with Gasteiger partial charge in [-0.1, -0.05) is 0 Å². The van der Waals surface area contributed by atoms with Crippen LogP contribution < -0.4 is 5.32 Å². The third kappa shape index (κ3) is 3.92. The number of amides is 1. The molecule has 1 saturated heterocycles. The van der Waals surface area contributed by atoms with Gasteiger partial charge in [0, 0.05) is 30.9 Å². The number of carbonyl (C=O) groups is 1. The average molecular weight is 331 g/mol. The van der Waals surface area contributed by atoms with Crippen LogP contribution in [0.4, 0.5) is 0 Å². The number of rotatable bonds is 5. The Labute approximate surface area is 140 Å². The second-order valence-electron chi connectivity index (χ2n) is 5.76. The molecule has 23 heavy (non-hydrogen) atoms. The van der Waals surface area contributed by atoms with E-state index >= 15 is 0 Å². The number of aromatic nitrogens is 3. The van der Waals surface area contributed by atoms with Gasteiger partial charge >= 0.3 is 0 Å². The van der Waals surface area contributed by atoms with Crippen LogP contribution in [-0.4, -0.2) is 52.4 Å². The van der Waals surface area contributed by atoms with Crippen LogP contribution in [0.25, 0.3) is 10.7 Å². The van der Waals surface area contributed by atoms with E-state index in [1.54, 1.807) is 18.6 Å². The molecule has 3 rings (SSSR count). The lowest BCUT2D eigenvalue weighted by atomic mass is 9.93. The van der Waals surface area contributed by atoms with E-state index in [-0.39, 0.29) is 5.91 Å². The lowest BCUT2D eigenvalue weighted by molar-refractivity contribution is 0.0682. The van der Waals surface area contributed by atoms with Crippen LogP contribution in [0.2, 0.25) is 0 Å². The second-order valence-corrected chi connectivity index (χ2v) is 6.61. The summed E-state index contributed by atoms with van der Waals surface area (Å²) in [6.07, 6.45) is 8.27. The normalized spacial score (nSPS) is 15.8. The Kier molecular flexibility index (Phi) is 5.30. The average Bonchev–Trinajstić information content (AvgIpc) is 3.11. The highest BCUT2D eigenvalue weighted by Crippen LogP contribution is 2.24. The molecule has 0 bridgehead atoms. The highest BCUT2D eigenvalue weighted by atomic mass is 32.1. The van der Waals surface area contributed by atoms with Gasteiger partial charge in [0.15, 0.2) is 0 Å². The Morgan fingerprint density at radius 3 is 2.91 bits per heavy atom. The van der Waals surface area contributed by atoms with Crippen LogP contribution in [-0.2, 0) is 0 Å². The molecule has 1 aliphatic heterocycles. The summed E-state index contributed by atoms with van der Waals surface area (Å²) in [7, 11) is 1.98. The summed E-state index contributed by atoms with van der Waals surface area (Å²) in [6, 6.07) is 0. The molecular formula is C16H21N5OS. The van der Waals surface area contributed by atoms with Crippen LogP contribution in [0, 0.1) is 5.92 Å². The molecule has 7 heteroatoms. The Balaban J connectivity index is 1.60. The maximum atomic E-state index is 12.6. The van der Waals surface area contributed by atoms with Gasteiger partial charge in [-0.15, -0.1) is 11.3 Å². The summed E-state index contributed by atoms with van der Waals surface area (Å²) in [6.45, 7) is 2.70. The minimum absolute atomic E-state index is 0.0310. The molecule has 0 saturated carbocycles. The van der Waals surface area contributed by atoms with Crippen molar-refractivity contribution in [3.05, 3.63) is 29.7 Å². The van der Waals surface area contributed by atoms with Gasteiger partial charge in [-0.05, 0) is 38.8 Å². The monoisotopic (exact) mass is 331 g/mol. The summed E-state index contributed by atoms with van der Waals surface area (Å²) in [5, 5.41) is 5.75. The molecule has 0 radical (unpaired) electrons. The van der Waals surface area contributed by atoms with E-state index in [4.69, 9.17) is 0 Å². The van der Waals surface area contributed by atoms with Gasteiger partial charge in [0.2, 0.25) is 0 Å². The summed E-state index contributed by atoms with van der Waals surface area (Å²) in [5.41, 5.74) is 1.23. The second kappa shape index (κ2) is 7.61. The fourth-order valence-corrected chi connectivity index (χ4v) is 3.59. The Morgan fingerprint density at radius 1 is 1.39 bits per heavy atom. The molecule has 1 N–H and O–H groups in total. The topological polar surface area (TPSA) is 71.0 Å². The van der Waals surface area contributed by atoms with Crippen LogP contribution in [0.15, 0.2) is 24.0 Å². The Bertz CT molecular complexity index is 637. The largest absolute Gasteiger partial charge is 0.337 e. The van der Waals surface area contributed by atoms with Gasteiger partial charge in [0.1, 0.15) is 16.4 Å². The third-order valence-electron chi connectivity index (χ3n) is 4.21. The SMILES string of the molecule is CNCCC1CCN(C(=O)c2csc(-c3cnccn3)n2)CC1. The molecule has 1 amide bonds. The van der Waals surface area contributed by atoms with Crippen LogP contribution in [0.5, 0.6) is 0 Å². The van der Waals surface area contributed by atoms with Gasteiger partial charge in [0.25, 0.3) is 5.91 Å². The van der Waals surface area contributed by atoms with Crippen molar-refractivity contribution < 1.29 is 4.79 Å². The molecule has 0 aliphatic carbocycles. The fraction of sp³-hybridized carbons (Fsp3) is 0.500. The molecule has 0 aromatic carbocycles. The summed E-state index contributed by atoms with van der Waals surface area (Å²) >= 11 is 1.44. The number of piperidine rings is 1. The zero-order chi connectivity index (χ0) is 16.1. The quantitative estimate of drug-likeness (QED) is 0.908. The fourth-order valence-electron chi connectivity index (χ4n) is 2.83. The molecular weight excluding hydrogens is 310 g/mol. The van der Waals surface area contributed by atoms with Crippen LogP contribution >= 0.6 is 11.3 Å². The predicted molar refractivity (Wildman–Crippen MR) is 90.3 cm³/mol. The van der Waals surface area contributed by atoms with Crippen LogP contribution in [0.3, 0.4) is 0 Å². The molecule has 2 aromatic rings. The first-order valence-corrected chi connectivity index (χ1v) is 8.81. The lowest BCUT2D eigenvalue weighted by Gasteiger charge is -2.31. The zero-order valence-electron chi connectivity index (χ0n) is 13.2. The number of nitrogens with zero attached hydrogens (tertiary/aromatic N) is 4. The maximum Gasteiger partial charge on any atom is 0.273 e. The van der Waals surface area contributed by atoms with Crippen molar-refractivity contribution in [3.63, 3.8) is 0 Å². The number of thiazole rings is 1. The molecule has 6 nitrogen and oxygen atoms in total. The number of likely N-dealkylation sites (tertiary alicyclic amines) is 1. The molecule has 2 aromatic heterocycles. The molecule has 0 unspecified atom stereocenters. The first kappa shape index (κ1) is 16.0. The minimum atomic E-state index is 0.0310. The van der Waals surface area contributed by atoms with Gasteiger partial charge in [0.05, 0.1) is 6.20 Å². The summed E-state index contributed by atoms with van der Waals surface area (Å²) in [4.78, 5) is 27.2. The van der Waals surface area contributed by atoms with E-state index < -0.39 is 0 Å². The zero-order valence-corrected chi connectivity index (χ0v) is 14.1. The number of hydrogen-bond donors (Lipinski definition) is 1. The van der Waals surface area contributed by atoms with Crippen molar-refractivity contribution in [3.8, 4) is 10.7 Å². The van der Waals surface area contributed by atoms with Gasteiger partial charge in [-0.3, -0.25) is 14.8 Å². The number of carbonyl (C=O) groups excluding carboxylic acids is 1. The highest BCUT2D eigenvalue weighted by Gasteiger charge is 2.25. The van der Waals surface area contributed by atoms with E-state index in [0.29, 0.717) is 11.4 Å². The van der Waals surface area contributed by atoms with Crippen molar-refractivity contribution in [2.24, 2.45) is 5.92 Å². The highest BCUT2D eigenvalue weighted by molar-refractivity contribution is 7.13. The molecule has 0 spiro atoms. The molecule has 0 atom stereocenters. The summed E-state index contributed by atoms with van der Waals surface area (Å²) in [5.74, 6) is 0.751. The van der Waals surface area contributed by atoms with Crippen molar-refractivity contribution in [1.82, 2.24) is 25.2 Å². The smallest absolute Gasteiger partial charge is 0.273 e. The Hall–Kier alpha value is -1.86. The number of hydrogen-bond acceptors (Lipinski definition) is 6. The molecule has 3 heterocycles. The molecule has 122 valence electrons. The van der Waals surface area contributed by atoms with E-state index in [2.05, 4.69) is 20.3 Å². The Morgan fingerprint density at radius 2 is 2.22 bits per heavy atom. The van der Waals surface area contributed by atoms with Crippen molar-refractivity contribution in [2.75, 3.05) is 26.7 Å². The van der Waals surface area contributed by atoms with Crippen molar-refractivity contribution >= 4 is 17.2 Å². The van der Waals surface area contributed by atoms with Crippen molar-refractivity contribution in [1.29, 1.82) is 0 Å². The lowest BCUT2D eigenvalue weighted by Crippen LogP contribution is -2.39. The van der Waals surface area contributed by atoms with Crippen LogP contribution in [0.1, 0.15) is 29.8 Å². The summed E-state index contributed by atoms with van der Waals surface area (Å²) < 4.78 is 0. The third-order valence-corrected chi connectivity index (χ3v) is 5.07. The standard InChI is InChI=1S/C16H21N5OS/c1-17-5-2-12-3-8-21(9-4-12)16(22)14-11-23-15(20-14)13-10-18-6-7-19-13/h6-7,10-12,17H,2-5,8-9H2,1H3. The molecule has 1 aliphatic rings. The van der Waals surface area contributed by atoms with Crippen molar-refractivity contribution in [2.45, 2.75) is 19.3 Å². The number of nitrogens with one attached hydrogen (secondary N) is 1. The van der Waals surface area contributed by atoms with E-state index in [9.17, 15) is 4.79 Å². The van der Waals surface area contributed by atoms with Gasteiger partial charge in [-0.2, -0.15) is 0 Å². The van der Waals surface area contributed by atoms with Gasteiger partial charge in [-0.25, -0.2) is 4.98 Å². The van der Waals surface area contributed by atoms with E-state index in [1.165, 1.54) is 17.8 Å². The van der Waals surface area contributed by atoms with E-state index in [1.807, 2.05) is 17.3 Å². The minimum Gasteiger partial charge on any atom is -0.337 e. The van der Waals surface area contributed by atoms with E-state index in [0.717, 1.165) is 43.4 Å². The van der Waals surface area contributed by atoms with Gasteiger partial charge < -0.3 is 10.2 Å². The first-order valence-electron chi connectivity index (χ1n) is 7.93. The maximum absolute atomic E-state index is 12.6. The first-order chi connectivity index (χ1) is 11.3.